The van der Waals surface area contributed by atoms with E-state index in [9.17, 15) is 0 Å². The smallest absolute Gasteiger partial charge is 0.436 e. The van der Waals surface area contributed by atoms with E-state index in [1.807, 2.05) is 146 Å². The number of hydrogen-bond donors (Lipinski definition) is 0. The van der Waals surface area contributed by atoms with Gasteiger partial charge in [-0.25, -0.2) is 4.98 Å². The molecule has 1 aromatic heterocycles. The minimum Gasteiger partial charge on any atom is -0.436 e. The largest absolute Gasteiger partial charge is 4.00 e. The van der Waals surface area contributed by atoms with Crippen LogP contribution in [0.25, 0.3) is 22.6 Å². The zero-order valence-corrected chi connectivity index (χ0v) is 25.5. The summed E-state index contributed by atoms with van der Waals surface area (Å²) in [6.07, 6.45) is 0. The molecule has 0 N–H and O–H groups in total. The first-order valence-electron chi connectivity index (χ1n) is 12.9. The zero-order valence-electron chi connectivity index (χ0n) is 22.3. The van der Waals surface area contributed by atoms with Crippen LogP contribution in [0, 0.1) is 66.0 Å². The molecule has 0 radical (unpaired) electrons. The number of aromatic nitrogens is 1. The second-order valence-electron chi connectivity index (χ2n) is 8.52. The van der Waals surface area contributed by atoms with Gasteiger partial charge in [-0.3, -0.25) is 0 Å². The normalized spacial score (nSPS) is 9.76. The van der Waals surface area contributed by atoms with Crippen molar-refractivity contribution in [2.24, 2.45) is 0 Å². The molecule has 7 aromatic rings. The van der Waals surface area contributed by atoms with E-state index in [2.05, 4.69) is 46.3 Å². The topological polar surface area (TPSA) is 29.3 Å². The molecule has 6 aromatic carbocycles. The van der Waals surface area contributed by atoms with Gasteiger partial charge in [0.25, 0.3) is 0 Å². The molecule has 0 unspecified atom stereocenters. The van der Waals surface area contributed by atoms with Gasteiger partial charge in [0.05, 0.1) is 0 Å². The first kappa shape index (κ1) is 29.9. The van der Waals surface area contributed by atoms with Crippen molar-refractivity contribution in [3.05, 3.63) is 182 Å². The van der Waals surface area contributed by atoms with Crippen molar-refractivity contribution in [2.75, 3.05) is 4.90 Å². The van der Waals surface area contributed by atoms with Gasteiger partial charge in [-0.2, -0.15) is 121 Å². The first-order chi connectivity index (χ1) is 19.9. The maximum absolute atomic E-state index is 5.89. The van der Waals surface area contributed by atoms with Crippen molar-refractivity contribution < 1.29 is 46.2 Å². The number of hydrogen-bond acceptors (Lipinski definition) is 3. The molecule has 0 aliphatic carbocycles. The predicted octanol–water partition coefficient (Wildman–Crippen LogP) is 9.54. The van der Waals surface area contributed by atoms with E-state index < -0.39 is 0 Å². The van der Waals surface area contributed by atoms with E-state index in [0.717, 1.165) is 33.7 Å². The number of para-hydroxylation sites is 4. The Morgan fingerprint density at radius 3 is 1.46 bits per heavy atom. The summed E-state index contributed by atoms with van der Waals surface area (Å²) in [4.78, 5) is 6.70. The van der Waals surface area contributed by atoms with E-state index in [1.165, 1.54) is 0 Å². The summed E-state index contributed by atoms with van der Waals surface area (Å²) in [7, 11) is 0. The van der Waals surface area contributed by atoms with Gasteiger partial charge in [0.2, 0.25) is 5.89 Å². The first-order valence-corrected chi connectivity index (χ1v) is 12.9. The van der Waals surface area contributed by atoms with Crippen LogP contribution < -0.4 is 4.90 Å². The van der Waals surface area contributed by atoms with Crippen molar-refractivity contribution in [2.45, 2.75) is 0 Å². The molecule has 0 saturated carbocycles. The molecular formula is C37H26CeN2O. The van der Waals surface area contributed by atoms with Crippen molar-refractivity contribution in [3.8, 4) is 11.5 Å². The summed E-state index contributed by atoms with van der Waals surface area (Å²) in [5, 5.41) is 0. The van der Waals surface area contributed by atoms with Crippen molar-refractivity contribution in [1.29, 1.82) is 0 Å². The zero-order chi connectivity index (χ0) is 27.2. The maximum Gasteiger partial charge on any atom is 4.00 e. The van der Waals surface area contributed by atoms with Gasteiger partial charge in [0.15, 0.2) is 5.58 Å². The summed E-state index contributed by atoms with van der Waals surface area (Å²) >= 11 is 0. The average Bonchev–Trinajstić information content (AvgIpc) is 3.50. The van der Waals surface area contributed by atoms with Crippen LogP contribution in [0.1, 0.15) is 0 Å². The Morgan fingerprint density at radius 1 is 0.512 bits per heavy atom. The molecule has 0 bridgehead atoms. The van der Waals surface area contributed by atoms with E-state index in [0.29, 0.717) is 5.89 Å². The number of benzene rings is 6. The Labute approximate surface area is 275 Å². The van der Waals surface area contributed by atoms with Crippen molar-refractivity contribution in [3.63, 3.8) is 0 Å². The number of oxazole rings is 1. The molecule has 41 heavy (non-hydrogen) atoms. The molecule has 0 fully saturated rings. The third kappa shape index (κ3) is 8.72. The van der Waals surface area contributed by atoms with Crippen LogP contribution in [-0.4, -0.2) is 4.98 Å². The van der Waals surface area contributed by atoms with Crippen LogP contribution >= 0.6 is 0 Å². The molecule has 1 heterocycles. The van der Waals surface area contributed by atoms with Crippen LogP contribution in [0.15, 0.2) is 162 Å². The Bertz CT molecular complexity index is 1510. The molecule has 7 rings (SSSR count). The minimum absolute atomic E-state index is 0. The van der Waals surface area contributed by atoms with Gasteiger partial charge < -0.3 is 9.32 Å². The van der Waals surface area contributed by atoms with Crippen molar-refractivity contribution >= 4 is 28.2 Å². The Morgan fingerprint density at radius 2 is 1.02 bits per heavy atom. The van der Waals surface area contributed by atoms with Gasteiger partial charge in [0, 0.05) is 11.3 Å². The number of rotatable bonds is 4. The van der Waals surface area contributed by atoms with E-state index in [1.54, 1.807) is 0 Å². The summed E-state index contributed by atoms with van der Waals surface area (Å²) in [6, 6.07) is 63.4. The minimum atomic E-state index is 0. The Hall–Kier alpha value is -4.03. The van der Waals surface area contributed by atoms with E-state index in [4.69, 9.17) is 4.42 Å². The summed E-state index contributed by atoms with van der Waals surface area (Å²) in [6.45, 7) is 0. The van der Waals surface area contributed by atoms with Gasteiger partial charge in [-0.05, 0) is 36.4 Å². The van der Waals surface area contributed by atoms with E-state index in [-0.39, 0.29) is 41.7 Å². The monoisotopic (exact) mass is 654 g/mol. The van der Waals surface area contributed by atoms with Gasteiger partial charge in [-0.1, -0.05) is 23.5 Å². The third-order valence-electron chi connectivity index (χ3n) is 5.75. The Kier molecular flexibility index (Phi) is 11.9. The third-order valence-corrected chi connectivity index (χ3v) is 5.75. The molecule has 0 atom stereocenters. The number of nitrogens with zero attached hydrogens (tertiary/aromatic N) is 2. The molecular weight excluding hydrogens is 629 g/mol. The van der Waals surface area contributed by atoms with Crippen LogP contribution in [0.3, 0.4) is 0 Å². The summed E-state index contributed by atoms with van der Waals surface area (Å²) < 4.78 is 5.89. The molecule has 0 saturated heterocycles. The number of anilines is 3. The fourth-order valence-corrected chi connectivity index (χ4v) is 3.89. The van der Waals surface area contributed by atoms with Crippen LogP contribution in [0.5, 0.6) is 0 Å². The molecule has 194 valence electrons. The second kappa shape index (κ2) is 16.3. The standard InChI is InChI=1S/C25H16N2O.2C6H5.Ce/c1-3-9-20(10-4-1)27(21-11-5-2-6-12-21)22-17-15-19(16-18-22)25-26-23-13-7-8-14-24(23)28-25;2*1-2-4-6-5-3-1;/h1-9,11,13-18H;2*1-5H;/q-2;2*-1;+4. The molecule has 0 aliphatic heterocycles. The van der Waals surface area contributed by atoms with Crippen LogP contribution in [0.2, 0.25) is 0 Å². The fraction of sp³-hybridized carbons (Fsp3) is 0. The SMILES string of the molecule is [Ce+4].[c-]1ccccc1.[c-]1ccccc1.[c-]1ccccc1N(c1[c-]cccc1)c1ccc(-c2nc3ccccc3o2)cc1. The average molecular weight is 655 g/mol. The molecule has 4 heteroatoms. The van der Waals surface area contributed by atoms with Crippen LogP contribution in [0.4, 0.5) is 17.1 Å². The van der Waals surface area contributed by atoms with Gasteiger partial charge >= 0.3 is 41.7 Å². The van der Waals surface area contributed by atoms with Crippen molar-refractivity contribution in [1.82, 2.24) is 4.98 Å². The maximum atomic E-state index is 5.89. The molecule has 3 nitrogen and oxygen atoms in total. The van der Waals surface area contributed by atoms with Gasteiger partial charge in [0.1, 0.15) is 5.52 Å². The van der Waals surface area contributed by atoms with E-state index >= 15 is 0 Å². The summed E-state index contributed by atoms with van der Waals surface area (Å²) in [5.41, 5.74) is 5.53. The second-order valence-corrected chi connectivity index (χ2v) is 8.52. The molecule has 0 amide bonds. The predicted molar refractivity (Wildman–Crippen MR) is 162 cm³/mol. The number of fused-ring (bicyclic) bond motifs is 1. The molecule has 0 aliphatic rings. The quantitative estimate of drug-likeness (QED) is 0.177. The fourth-order valence-electron chi connectivity index (χ4n) is 3.89. The molecule has 0 spiro atoms. The summed E-state index contributed by atoms with van der Waals surface area (Å²) in [5.74, 6) is 0.622. The van der Waals surface area contributed by atoms with Gasteiger partial charge in [-0.15, -0.1) is 12.1 Å². The Balaban J connectivity index is 0.000000247. The van der Waals surface area contributed by atoms with Crippen LogP contribution in [-0.2, 0) is 0 Å².